The summed E-state index contributed by atoms with van der Waals surface area (Å²) in [4.78, 5) is 28.2. The molecule has 3 aromatic carbocycles. The standard InChI is InChI=1S/C29H36N4O2/c1-22(2)10-9-17-30-28(34)20-32(27-16-8-14-23-11-6-7-15-26(23)27)21-29(35)31(3)33-18-24-12-4-5-13-25(24)19-33/h4-8,11-16,22H,9-10,17-21H2,1-3H3,(H,30,34). The molecule has 0 saturated heterocycles. The zero-order valence-corrected chi connectivity index (χ0v) is 21.0. The van der Waals surface area contributed by atoms with Crippen LogP contribution in [0, 0.1) is 5.92 Å². The van der Waals surface area contributed by atoms with Crippen molar-refractivity contribution in [1.29, 1.82) is 0 Å². The van der Waals surface area contributed by atoms with Crippen LogP contribution < -0.4 is 10.2 Å². The van der Waals surface area contributed by atoms with E-state index in [9.17, 15) is 9.59 Å². The number of hydrogen-bond donors (Lipinski definition) is 1. The smallest absolute Gasteiger partial charge is 0.256 e. The molecule has 0 bridgehead atoms. The minimum absolute atomic E-state index is 0.0432. The Bertz CT molecular complexity index is 1150. The molecule has 35 heavy (non-hydrogen) atoms. The number of nitrogens with zero attached hydrogens (tertiary/aromatic N) is 3. The Morgan fingerprint density at radius 1 is 0.914 bits per heavy atom. The lowest BCUT2D eigenvalue weighted by atomic mass is 10.1. The van der Waals surface area contributed by atoms with Gasteiger partial charge in [0.25, 0.3) is 5.91 Å². The van der Waals surface area contributed by atoms with E-state index in [1.807, 2.05) is 54.4 Å². The topological polar surface area (TPSA) is 55.9 Å². The summed E-state index contributed by atoms with van der Waals surface area (Å²) in [7, 11) is 1.82. The number of fused-ring (bicyclic) bond motifs is 2. The molecule has 0 atom stereocenters. The first-order valence-electron chi connectivity index (χ1n) is 12.5. The van der Waals surface area contributed by atoms with Crippen LogP contribution in [0.4, 0.5) is 5.69 Å². The van der Waals surface area contributed by atoms with Crippen molar-refractivity contribution in [2.75, 3.05) is 31.6 Å². The Balaban J connectivity index is 1.49. The van der Waals surface area contributed by atoms with Gasteiger partial charge in [-0.1, -0.05) is 74.5 Å². The summed E-state index contributed by atoms with van der Waals surface area (Å²) >= 11 is 0. The number of amides is 2. The first-order valence-corrected chi connectivity index (χ1v) is 12.5. The van der Waals surface area contributed by atoms with Crippen molar-refractivity contribution in [2.45, 2.75) is 39.8 Å². The van der Waals surface area contributed by atoms with Crippen LogP contribution in [0.25, 0.3) is 10.8 Å². The number of hydrogen-bond acceptors (Lipinski definition) is 4. The predicted octanol–water partition coefficient (Wildman–Crippen LogP) is 4.59. The molecule has 0 aliphatic carbocycles. The van der Waals surface area contributed by atoms with Gasteiger partial charge in [0.05, 0.1) is 13.1 Å². The first kappa shape index (κ1) is 24.7. The Kier molecular flexibility index (Phi) is 8.03. The second-order valence-corrected chi connectivity index (χ2v) is 9.75. The third kappa shape index (κ3) is 6.20. The second-order valence-electron chi connectivity index (χ2n) is 9.75. The minimum Gasteiger partial charge on any atom is -0.355 e. The maximum absolute atomic E-state index is 13.4. The fourth-order valence-electron chi connectivity index (χ4n) is 4.63. The van der Waals surface area contributed by atoms with Gasteiger partial charge in [-0.15, -0.1) is 0 Å². The molecule has 0 radical (unpaired) electrons. The molecule has 0 saturated carbocycles. The van der Waals surface area contributed by atoms with E-state index in [0.29, 0.717) is 25.6 Å². The summed E-state index contributed by atoms with van der Waals surface area (Å²) in [6, 6.07) is 22.4. The molecule has 1 aliphatic heterocycles. The lowest BCUT2D eigenvalue weighted by Gasteiger charge is -2.31. The molecule has 184 valence electrons. The molecule has 4 rings (SSSR count). The number of nitrogens with one attached hydrogen (secondary N) is 1. The van der Waals surface area contributed by atoms with Gasteiger partial charge in [0.15, 0.2) is 0 Å². The molecular weight excluding hydrogens is 436 g/mol. The number of benzene rings is 3. The predicted molar refractivity (Wildman–Crippen MR) is 142 cm³/mol. The van der Waals surface area contributed by atoms with Crippen LogP contribution in [-0.4, -0.2) is 48.5 Å². The van der Waals surface area contributed by atoms with Crippen LogP contribution in [0.15, 0.2) is 66.7 Å². The van der Waals surface area contributed by atoms with Crippen molar-refractivity contribution in [3.05, 3.63) is 77.9 Å². The van der Waals surface area contributed by atoms with Crippen LogP contribution in [-0.2, 0) is 22.7 Å². The number of hydrazine groups is 1. The van der Waals surface area contributed by atoms with Gasteiger partial charge in [0, 0.05) is 37.8 Å². The number of carbonyl (C=O) groups is 2. The van der Waals surface area contributed by atoms with E-state index in [1.165, 1.54) is 11.1 Å². The van der Waals surface area contributed by atoms with E-state index in [4.69, 9.17) is 0 Å². The highest BCUT2D eigenvalue weighted by molar-refractivity contribution is 5.97. The van der Waals surface area contributed by atoms with Gasteiger partial charge in [-0.3, -0.25) is 14.6 Å². The average molecular weight is 473 g/mol. The SMILES string of the molecule is CC(C)CCCNC(=O)CN(CC(=O)N(C)N1Cc2ccccc2C1)c1cccc2ccccc12. The van der Waals surface area contributed by atoms with Gasteiger partial charge in [0.1, 0.15) is 0 Å². The van der Waals surface area contributed by atoms with Crippen molar-refractivity contribution in [3.8, 4) is 0 Å². The number of anilines is 1. The lowest BCUT2D eigenvalue weighted by molar-refractivity contribution is -0.145. The molecule has 3 aromatic rings. The van der Waals surface area contributed by atoms with E-state index in [0.717, 1.165) is 29.3 Å². The molecule has 6 heteroatoms. The highest BCUT2D eigenvalue weighted by atomic mass is 16.2. The molecule has 1 N–H and O–H groups in total. The quantitative estimate of drug-likeness (QED) is 0.439. The van der Waals surface area contributed by atoms with Crippen molar-refractivity contribution in [2.24, 2.45) is 5.92 Å². The summed E-state index contributed by atoms with van der Waals surface area (Å²) in [5, 5.41) is 8.92. The third-order valence-electron chi connectivity index (χ3n) is 6.66. The van der Waals surface area contributed by atoms with Crippen molar-refractivity contribution in [3.63, 3.8) is 0 Å². The second kappa shape index (κ2) is 11.4. The monoisotopic (exact) mass is 472 g/mol. The van der Waals surface area contributed by atoms with Crippen molar-refractivity contribution >= 4 is 28.3 Å². The van der Waals surface area contributed by atoms with Crippen LogP contribution in [0.1, 0.15) is 37.8 Å². The molecule has 0 unspecified atom stereocenters. The van der Waals surface area contributed by atoms with Crippen LogP contribution >= 0.6 is 0 Å². The Labute approximate surface area is 208 Å². The zero-order chi connectivity index (χ0) is 24.8. The Morgan fingerprint density at radius 3 is 2.29 bits per heavy atom. The number of rotatable bonds is 10. The fourth-order valence-corrected chi connectivity index (χ4v) is 4.63. The molecule has 1 heterocycles. The molecule has 2 amide bonds. The normalized spacial score (nSPS) is 13.1. The van der Waals surface area contributed by atoms with E-state index in [1.54, 1.807) is 5.01 Å². The summed E-state index contributed by atoms with van der Waals surface area (Å²) < 4.78 is 0. The zero-order valence-electron chi connectivity index (χ0n) is 21.0. The lowest BCUT2D eigenvalue weighted by Crippen LogP contribution is -2.48. The third-order valence-corrected chi connectivity index (χ3v) is 6.66. The molecule has 0 spiro atoms. The van der Waals surface area contributed by atoms with E-state index >= 15 is 0 Å². The van der Waals surface area contributed by atoms with Crippen molar-refractivity contribution < 1.29 is 9.59 Å². The largest absolute Gasteiger partial charge is 0.355 e. The maximum atomic E-state index is 13.4. The Morgan fingerprint density at radius 2 is 1.57 bits per heavy atom. The van der Waals surface area contributed by atoms with Crippen LogP contribution in [0.2, 0.25) is 0 Å². The van der Waals surface area contributed by atoms with E-state index in [2.05, 4.69) is 48.4 Å². The summed E-state index contributed by atoms with van der Waals surface area (Å²) in [6.45, 7) is 6.70. The van der Waals surface area contributed by atoms with Crippen LogP contribution in [0.5, 0.6) is 0 Å². The minimum atomic E-state index is -0.0641. The van der Waals surface area contributed by atoms with E-state index in [-0.39, 0.29) is 24.9 Å². The Hall–Kier alpha value is -3.38. The molecule has 1 aliphatic rings. The molecular formula is C29H36N4O2. The maximum Gasteiger partial charge on any atom is 0.256 e. The van der Waals surface area contributed by atoms with Gasteiger partial charge in [-0.25, -0.2) is 5.01 Å². The van der Waals surface area contributed by atoms with E-state index < -0.39 is 0 Å². The van der Waals surface area contributed by atoms with Crippen LogP contribution in [0.3, 0.4) is 0 Å². The highest BCUT2D eigenvalue weighted by Crippen LogP contribution is 2.27. The number of carbonyl (C=O) groups excluding carboxylic acids is 2. The van der Waals surface area contributed by atoms with Gasteiger partial charge in [-0.05, 0) is 41.3 Å². The first-order chi connectivity index (χ1) is 16.9. The molecule has 6 nitrogen and oxygen atoms in total. The highest BCUT2D eigenvalue weighted by Gasteiger charge is 2.27. The molecule has 0 aromatic heterocycles. The van der Waals surface area contributed by atoms with Gasteiger partial charge >= 0.3 is 0 Å². The van der Waals surface area contributed by atoms with Gasteiger partial charge in [0.2, 0.25) is 5.91 Å². The fraction of sp³-hybridized carbons (Fsp3) is 0.379. The van der Waals surface area contributed by atoms with Crippen molar-refractivity contribution in [1.82, 2.24) is 15.3 Å². The summed E-state index contributed by atoms with van der Waals surface area (Å²) in [5.74, 6) is 0.507. The average Bonchev–Trinajstić information content (AvgIpc) is 3.29. The summed E-state index contributed by atoms with van der Waals surface area (Å²) in [5.41, 5.74) is 3.39. The van der Waals surface area contributed by atoms with Gasteiger partial charge < -0.3 is 10.2 Å². The summed E-state index contributed by atoms with van der Waals surface area (Å²) in [6.07, 6.45) is 2.03. The molecule has 0 fully saturated rings. The number of likely N-dealkylation sites (N-methyl/N-ethyl adjacent to an activating group) is 1. The van der Waals surface area contributed by atoms with Gasteiger partial charge in [-0.2, -0.15) is 0 Å².